The minimum atomic E-state index is 0.133. The van der Waals surface area contributed by atoms with Crippen molar-refractivity contribution in [2.24, 2.45) is 11.8 Å². The highest BCUT2D eigenvalue weighted by atomic mass is 16.1. The highest BCUT2D eigenvalue weighted by Gasteiger charge is 2.16. The van der Waals surface area contributed by atoms with Crippen molar-refractivity contribution >= 4 is 5.91 Å². The first-order chi connectivity index (χ1) is 11.5. The quantitative estimate of drug-likeness (QED) is 0.726. The van der Waals surface area contributed by atoms with Crippen LogP contribution in [-0.4, -0.2) is 22.2 Å². The SMILES string of the molecule is Cc1nn(CC(C)C)c(C)c1CC(=O)NCCCC1CCCCC1. The number of carbonyl (C=O) groups is 1. The van der Waals surface area contributed by atoms with Gasteiger partial charge in [0.1, 0.15) is 0 Å². The number of aryl methyl sites for hydroxylation is 1. The van der Waals surface area contributed by atoms with Gasteiger partial charge < -0.3 is 5.32 Å². The molecule has 136 valence electrons. The van der Waals surface area contributed by atoms with Gasteiger partial charge >= 0.3 is 0 Å². The molecule has 1 fully saturated rings. The van der Waals surface area contributed by atoms with E-state index in [0.717, 1.165) is 42.4 Å². The molecule has 24 heavy (non-hydrogen) atoms. The van der Waals surface area contributed by atoms with Crippen LogP contribution in [0.25, 0.3) is 0 Å². The van der Waals surface area contributed by atoms with E-state index in [2.05, 4.69) is 31.2 Å². The first-order valence-electron chi connectivity index (χ1n) is 9.77. The summed E-state index contributed by atoms with van der Waals surface area (Å²) >= 11 is 0. The summed E-state index contributed by atoms with van der Waals surface area (Å²) < 4.78 is 2.05. The molecule has 1 saturated carbocycles. The third-order valence-corrected chi connectivity index (χ3v) is 5.24. The Morgan fingerprint density at radius 2 is 1.96 bits per heavy atom. The number of hydrogen-bond acceptors (Lipinski definition) is 2. The summed E-state index contributed by atoms with van der Waals surface area (Å²) in [7, 11) is 0. The van der Waals surface area contributed by atoms with Crippen LogP contribution in [-0.2, 0) is 17.8 Å². The van der Waals surface area contributed by atoms with E-state index in [1.54, 1.807) is 0 Å². The molecular weight excluding hydrogens is 298 g/mol. The molecule has 0 unspecified atom stereocenters. The van der Waals surface area contributed by atoms with Crippen molar-refractivity contribution in [2.45, 2.75) is 85.6 Å². The predicted octanol–water partition coefficient (Wildman–Crippen LogP) is 4.18. The van der Waals surface area contributed by atoms with Gasteiger partial charge in [-0.2, -0.15) is 5.10 Å². The van der Waals surface area contributed by atoms with Crippen LogP contribution in [0.3, 0.4) is 0 Å². The molecule has 1 N–H and O–H groups in total. The Hall–Kier alpha value is -1.32. The van der Waals surface area contributed by atoms with Crippen LogP contribution in [0.5, 0.6) is 0 Å². The van der Waals surface area contributed by atoms with Gasteiger partial charge in [0.25, 0.3) is 0 Å². The van der Waals surface area contributed by atoms with Gasteiger partial charge in [0, 0.05) is 24.3 Å². The minimum absolute atomic E-state index is 0.133. The lowest BCUT2D eigenvalue weighted by atomic mass is 9.86. The van der Waals surface area contributed by atoms with Crippen molar-refractivity contribution in [1.82, 2.24) is 15.1 Å². The molecule has 1 aromatic rings. The molecule has 0 spiro atoms. The molecule has 1 heterocycles. The van der Waals surface area contributed by atoms with Crippen molar-refractivity contribution in [2.75, 3.05) is 6.54 Å². The molecule has 1 aliphatic carbocycles. The average Bonchev–Trinajstić information content (AvgIpc) is 2.79. The van der Waals surface area contributed by atoms with Gasteiger partial charge in [-0.05, 0) is 38.5 Å². The molecule has 2 rings (SSSR count). The average molecular weight is 334 g/mol. The third kappa shape index (κ3) is 5.64. The molecule has 1 aromatic heterocycles. The van der Waals surface area contributed by atoms with E-state index >= 15 is 0 Å². The number of nitrogens with zero attached hydrogens (tertiary/aromatic N) is 2. The molecule has 0 atom stereocenters. The molecule has 0 bridgehead atoms. The monoisotopic (exact) mass is 333 g/mol. The second-order valence-electron chi connectivity index (χ2n) is 7.90. The summed E-state index contributed by atoms with van der Waals surface area (Å²) in [4.78, 5) is 12.3. The van der Waals surface area contributed by atoms with Gasteiger partial charge in [-0.25, -0.2) is 0 Å². The van der Waals surface area contributed by atoms with E-state index in [4.69, 9.17) is 0 Å². The highest BCUT2D eigenvalue weighted by Crippen LogP contribution is 2.26. The van der Waals surface area contributed by atoms with Crippen molar-refractivity contribution in [1.29, 1.82) is 0 Å². The zero-order valence-corrected chi connectivity index (χ0v) is 16.0. The number of hydrogen-bond donors (Lipinski definition) is 1. The Balaban J connectivity index is 1.74. The molecular formula is C20H35N3O. The topological polar surface area (TPSA) is 46.9 Å². The fourth-order valence-corrected chi connectivity index (χ4v) is 3.83. The molecule has 1 amide bonds. The summed E-state index contributed by atoms with van der Waals surface area (Å²) in [5.74, 6) is 1.59. The van der Waals surface area contributed by atoms with E-state index < -0.39 is 0 Å². The van der Waals surface area contributed by atoms with Gasteiger partial charge in [0.15, 0.2) is 0 Å². The highest BCUT2D eigenvalue weighted by molar-refractivity contribution is 5.79. The summed E-state index contributed by atoms with van der Waals surface area (Å²) in [6, 6.07) is 0. The summed E-state index contributed by atoms with van der Waals surface area (Å²) in [6.45, 7) is 10.2. The molecule has 0 saturated heterocycles. The lowest BCUT2D eigenvalue weighted by molar-refractivity contribution is -0.120. The van der Waals surface area contributed by atoms with E-state index in [0.29, 0.717) is 12.3 Å². The zero-order chi connectivity index (χ0) is 17.5. The Bertz CT molecular complexity index is 527. The van der Waals surface area contributed by atoms with Crippen molar-refractivity contribution in [3.63, 3.8) is 0 Å². The van der Waals surface area contributed by atoms with Gasteiger partial charge in [-0.1, -0.05) is 46.0 Å². The molecule has 1 aliphatic rings. The maximum absolute atomic E-state index is 12.3. The second-order valence-corrected chi connectivity index (χ2v) is 7.90. The van der Waals surface area contributed by atoms with E-state index in [-0.39, 0.29) is 5.91 Å². The smallest absolute Gasteiger partial charge is 0.224 e. The predicted molar refractivity (Wildman–Crippen MR) is 99.1 cm³/mol. The standard InChI is InChI=1S/C20H35N3O/c1-15(2)14-23-17(4)19(16(3)22-23)13-20(24)21-12-8-11-18-9-6-5-7-10-18/h15,18H,5-14H2,1-4H3,(H,21,24). The Morgan fingerprint density at radius 1 is 1.25 bits per heavy atom. The molecule has 0 aromatic carbocycles. The van der Waals surface area contributed by atoms with Crippen LogP contribution in [0.1, 0.15) is 75.7 Å². The molecule has 0 radical (unpaired) electrons. The van der Waals surface area contributed by atoms with Crippen LogP contribution >= 0.6 is 0 Å². The summed E-state index contributed by atoms with van der Waals surface area (Å²) in [5.41, 5.74) is 3.23. The van der Waals surface area contributed by atoms with Crippen molar-refractivity contribution in [3.8, 4) is 0 Å². The first kappa shape index (κ1) is 19.0. The van der Waals surface area contributed by atoms with E-state index in [1.807, 2.05) is 11.6 Å². The minimum Gasteiger partial charge on any atom is -0.356 e. The molecule has 0 aliphatic heterocycles. The fourth-order valence-electron chi connectivity index (χ4n) is 3.83. The van der Waals surface area contributed by atoms with Crippen molar-refractivity contribution < 1.29 is 4.79 Å². The fraction of sp³-hybridized carbons (Fsp3) is 0.800. The zero-order valence-electron chi connectivity index (χ0n) is 16.0. The maximum Gasteiger partial charge on any atom is 0.224 e. The summed E-state index contributed by atoms with van der Waals surface area (Å²) in [5, 5.41) is 7.70. The van der Waals surface area contributed by atoms with Crippen LogP contribution in [0.15, 0.2) is 0 Å². The lowest BCUT2D eigenvalue weighted by Crippen LogP contribution is -2.27. The first-order valence-corrected chi connectivity index (χ1v) is 9.77. The van der Waals surface area contributed by atoms with Crippen LogP contribution in [0.4, 0.5) is 0 Å². The van der Waals surface area contributed by atoms with Crippen LogP contribution in [0.2, 0.25) is 0 Å². The maximum atomic E-state index is 12.3. The Labute approximate surface area is 147 Å². The van der Waals surface area contributed by atoms with E-state index in [9.17, 15) is 4.79 Å². The van der Waals surface area contributed by atoms with Gasteiger partial charge in [-0.15, -0.1) is 0 Å². The van der Waals surface area contributed by atoms with E-state index in [1.165, 1.54) is 38.5 Å². The number of carbonyl (C=O) groups excluding carboxylic acids is 1. The molecule has 4 heteroatoms. The van der Waals surface area contributed by atoms with Gasteiger partial charge in [0.2, 0.25) is 5.91 Å². The number of aromatic nitrogens is 2. The normalized spacial score (nSPS) is 15.9. The largest absolute Gasteiger partial charge is 0.356 e. The number of nitrogens with one attached hydrogen (secondary N) is 1. The van der Waals surface area contributed by atoms with Gasteiger partial charge in [0.05, 0.1) is 12.1 Å². The van der Waals surface area contributed by atoms with Crippen LogP contribution < -0.4 is 5.32 Å². The Morgan fingerprint density at radius 3 is 2.62 bits per heavy atom. The summed E-state index contributed by atoms with van der Waals surface area (Å²) in [6.07, 6.45) is 9.83. The van der Waals surface area contributed by atoms with Crippen molar-refractivity contribution in [3.05, 3.63) is 17.0 Å². The number of rotatable bonds is 8. The van der Waals surface area contributed by atoms with Gasteiger partial charge in [-0.3, -0.25) is 9.48 Å². The molecule has 4 nitrogen and oxygen atoms in total. The second kappa shape index (κ2) is 9.24. The number of amides is 1. The Kier molecular flexibility index (Phi) is 7.32. The third-order valence-electron chi connectivity index (χ3n) is 5.24. The van der Waals surface area contributed by atoms with Crippen LogP contribution in [0, 0.1) is 25.7 Å². The lowest BCUT2D eigenvalue weighted by Gasteiger charge is -2.21.